The summed E-state index contributed by atoms with van der Waals surface area (Å²) >= 11 is 0. The maximum atomic E-state index is 3.53. The van der Waals surface area contributed by atoms with Gasteiger partial charge in [-0.05, 0) is 49.3 Å². The van der Waals surface area contributed by atoms with Crippen molar-refractivity contribution in [1.82, 2.24) is 5.32 Å². The van der Waals surface area contributed by atoms with Gasteiger partial charge in [-0.15, -0.1) is 0 Å². The molecule has 20 heavy (non-hydrogen) atoms. The highest BCUT2D eigenvalue weighted by Gasteiger charge is 2.15. The van der Waals surface area contributed by atoms with Crippen molar-refractivity contribution in [3.8, 4) is 0 Å². The van der Waals surface area contributed by atoms with Crippen molar-refractivity contribution in [3.63, 3.8) is 0 Å². The third kappa shape index (κ3) is 4.97. The maximum absolute atomic E-state index is 3.53. The Balaban J connectivity index is 1.96. The maximum Gasteiger partial charge on any atom is 0.00200 e. The second-order valence-corrected chi connectivity index (χ2v) is 5.63. The molecule has 1 aromatic rings. The highest BCUT2D eigenvalue weighted by Crippen LogP contribution is 2.21. The molecule has 0 aromatic heterocycles. The normalized spacial score (nSPS) is 20.4. The zero-order chi connectivity index (χ0) is 14.0. The Labute approximate surface area is 123 Å². The minimum atomic E-state index is 0.710. The third-order valence-electron chi connectivity index (χ3n) is 3.94. The molecule has 0 aliphatic carbocycles. The Morgan fingerprint density at radius 1 is 1.30 bits per heavy atom. The second-order valence-electron chi connectivity index (χ2n) is 5.63. The van der Waals surface area contributed by atoms with E-state index in [4.69, 9.17) is 0 Å². The van der Waals surface area contributed by atoms with E-state index >= 15 is 0 Å². The molecule has 0 unspecified atom stereocenters. The molecular weight excluding hydrogens is 242 g/mol. The number of nitrogens with one attached hydrogen (secondary N) is 1. The molecular formula is C19H27N. The molecule has 1 atom stereocenters. The van der Waals surface area contributed by atoms with Gasteiger partial charge in [-0.3, -0.25) is 0 Å². The first-order valence-corrected chi connectivity index (χ1v) is 8.01. The van der Waals surface area contributed by atoms with Gasteiger partial charge in [0.1, 0.15) is 0 Å². The van der Waals surface area contributed by atoms with Crippen LogP contribution in [0.25, 0.3) is 0 Å². The molecule has 2 rings (SSSR count). The third-order valence-corrected chi connectivity index (χ3v) is 3.94. The van der Waals surface area contributed by atoms with Gasteiger partial charge in [-0.1, -0.05) is 61.9 Å². The Bertz CT molecular complexity index is 424. The van der Waals surface area contributed by atoms with E-state index in [1.165, 1.54) is 43.4 Å². The summed E-state index contributed by atoms with van der Waals surface area (Å²) in [5.74, 6) is 0.710. The number of rotatable bonds is 6. The molecule has 1 aliphatic rings. The lowest BCUT2D eigenvalue weighted by Crippen LogP contribution is -2.30. The topological polar surface area (TPSA) is 12.0 Å². The number of unbranched alkanes of at least 4 members (excludes halogenated alkanes) is 1. The van der Waals surface area contributed by atoms with Gasteiger partial charge in [0, 0.05) is 6.54 Å². The van der Waals surface area contributed by atoms with E-state index in [-0.39, 0.29) is 0 Å². The van der Waals surface area contributed by atoms with Crippen LogP contribution in [0.3, 0.4) is 0 Å². The van der Waals surface area contributed by atoms with Gasteiger partial charge in [-0.25, -0.2) is 0 Å². The van der Waals surface area contributed by atoms with E-state index in [1.807, 2.05) is 0 Å². The van der Waals surface area contributed by atoms with Gasteiger partial charge in [0.05, 0.1) is 0 Å². The summed E-state index contributed by atoms with van der Waals surface area (Å²) in [6.45, 7) is 4.58. The fourth-order valence-corrected chi connectivity index (χ4v) is 2.76. The van der Waals surface area contributed by atoms with Crippen LogP contribution in [-0.4, -0.2) is 13.1 Å². The minimum Gasteiger partial charge on any atom is -0.316 e. The van der Waals surface area contributed by atoms with Crippen molar-refractivity contribution >= 4 is 0 Å². The van der Waals surface area contributed by atoms with Crippen LogP contribution in [0.2, 0.25) is 0 Å². The van der Waals surface area contributed by atoms with Crippen LogP contribution in [-0.2, 0) is 6.42 Å². The molecule has 0 amide bonds. The lowest BCUT2D eigenvalue weighted by molar-refractivity contribution is 0.426. The van der Waals surface area contributed by atoms with Gasteiger partial charge in [0.2, 0.25) is 0 Å². The SMILES string of the molecule is CCC/C=C(\C=C/Cc1ccccc1)[C@@H]1CCCNC1. The molecule has 1 fully saturated rings. The number of benzene rings is 1. The first-order valence-electron chi connectivity index (χ1n) is 8.01. The Kier molecular flexibility index (Phi) is 6.59. The van der Waals surface area contributed by atoms with Gasteiger partial charge in [-0.2, -0.15) is 0 Å². The smallest absolute Gasteiger partial charge is 0.00200 e. The Morgan fingerprint density at radius 3 is 2.85 bits per heavy atom. The fourth-order valence-electron chi connectivity index (χ4n) is 2.76. The Morgan fingerprint density at radius 2 is 2.15 bits per heavy atom. The molecule has 0 saturated carbocycles. The quantitative estimate of drug-likeness (QED) is 0.749. The zero-order valence-electron chi connectivity index (χ0n) is 12.6. The number of hydrogen-bond donors (Lipinski definition) is 1. The van der Waals surface area contributed by atoms with Crippen molar-refractivity contribution in [1.29, 1.82) is 0 Å². The van der Waals surface area contributed by atoms with Crippen molar-refractivity contribution in [2.75, 3.05) is 13.1 Å². The van der Waals surface area contributed by atoms with E-state index in [0.29, 0.717) is 5.92 Å². The average Bonchev–Trinajstić information content (AvgIpc) is 2.52. The van der Waals surface area contributed by atoms with Crippen molar-refractivity contribution in [2.45, 2.75) is 39.0 Å². The molecule has 0 bridgehead atoms. The molecule has 0 radical (unpaired) electrons. The van der Waals surface area contributed by atoms with E-state index < -0.39 is 0 Å². The summed E-state index contributed by atoms with van der Waals surface area (Å²) < 4.78 is 0. The minimum absolute atomic E-state index is 0.710. The van der Waals surface area contributed by atoms with Crippen LogP contribution in [0.5, 0.6) is 0 Å². The summed E-state index contributed by atoms with van der Waals surface area (Å²) in [5, 5.41) is 3.53. The van der Waals surface area contributed by atoms with Gasteiger partial charge in [0.15, 0.2) is 0 Å². The van der Waals surface area contributed by atoms with E-state index in [9.17, 15) is 0 Å². The first kappa shape index (κ1) is 15.1. The van der Waals surface area contributed by atoms with Gasteiger partial charge >= 0.3 is 0 Å². The van der Waals surface area contributed by atoms with Crippen LogP contribution in [0.15, 0.2) is 54.1 Å². The lowest BCUT2D eigenvalue weighted by atomic mass is 9.90. The predicted octanol–water partition coefficient (Wildman–Crippen LogP) is 4.51. The van der Waals surface area contributed by atoms with Crippen molar-refractivity contribution in [2.24, 2.45) is 5.92 Å². The predicted molar refractivity (Wildman–Crippen MR) is 87.9 cm³/mol. The summed E-state index contributed by atoms with van der Waals surface area (Å²) in [5.41, 5.74) is 2.93. The van der Waals surface area contributed by atoms with Crippen LogP contribution in [0.4, 0.5) is 0 Å². The van der Waals surface area contributed by atoms with Crippen LogP contribution in [0, 0.1) is 5.92 Å². The number of allylic oxidation sites excluding steroid dienone is 3. The second kappa shape index (κ2) is 8.76. The van der Waals surface area contributed by atoms with E-state index in [0.717, 1.165) is 13.0 Å². The summed E-state index contributed by atoms with van der Waals surface area (Å²) in [7, 11) is 0. The molecule has 0 spiro atoms. The molecule has 1 aliphatic heterocycles. The monoisotopic (exact) mass is 269 g/mol. The standard InChI is InChI=1S/C19H27N/c1-2-3-12-18(19-14-8-15-20-16-19)13-7-11-17-9-5-4-6-10-17/h4-7,9-10,12-13,19-20H,2-3,8,11,14-16H2,1H3/b13-7-,18-12+/t19-/m1/s1. The molecule has 1 heterocycles. The van der Waals surface area contributed by atoms with Gasteiger partial charge < -0.3 is 5.32 Å². The number of hydrogen-bond acceptors (Lipinski definition) is 1. The Hall–Kier alpha value is -1.34. The molecule has 1 saturated heterocycles. The first-order chi connectivity index (χ1) is 9.90. The van der Waals surface area contributed by atoms with Crippen LogP contribution >= 0.6 is 0 Å². The summed E-state index contributed by atoms with van der Waals surface area (Å²) in [4.78, 5) is 0. The van der Waals surface area contributed by atoms with Crippen molar-refractivity contribution in [3.05, 3.63) is 59.7 Å². The van der Waals surface area contributed by atoms with Gasteiger partial charge in [0.25, 0.3) is 0 Å². The highest BCUT2D eigenvalue weighted by atomic mass is 14.9. The van der Waals surface area contributed by atoms with Crippen LogP contribution < -0.4 is 5.32 Å². The fraction of sp³-hybridized carbons (Fsp3) is 0.474. The molecule has 1 aromatic carbocycles. The number of piperidine rings is 1. The molecule has 108 valence electrons. The van der Waals surface area contributed by atoms with E-state index in [2.05, 4.69) is 60.8 Å². The molecule has 1 nitrogen and oxygen atoms in total. The molecule has 1 heteroatoms. The highest BCUT2D eigenvalue weighted by molar-refractivity contribution is 5.25. The van der Waals surface area contributed by atoms with Crippen LogP contribution in [0.1, 0.15) is 38.2 Å². The van der Waals surface area contributed by atoms with Crippen molar-refractivity contribution < 1.29 is 0 Å². The molecule has 1 N–H and O–H groups in total. The lowest BCUT2D eigenvalue weighted by Gasteiger charge is -2.24. The summed E-state index contributed by atoms with van der Waals surface area (Å²) in [6.07, 6.45) is 13.2. The van der Waals surface area contributed by atoms with E-state index in [1.54, 1.807) is 0 Å². The average molecular weight is 269 g/mol. The zero-order valence-corrected chi connectivity index (χ0v) is 12.6. The largest absolute Gasteiger partial charge is 0.316 e. The summed E-state index contributed by atoms with van der Waals surface area (Å²) in [6, 6.07) is 10.7.